The molecule has 0 aliphatic rings. The number of ether oxygens (including phenoxy) is 3. The van der Waals surface area contributed by atoms with E-state index in [2.05, 4.69) is 4.74 Å². The van der Waals surface area contributed by atoms with Crippen molar-refractivity contribution in [2.45, 2.75) is 20.0 Å². The van der Waals surface area contributed by atoms with Gasteiger partial charge in [-0.3, -0.25) is 14.9 Å². The molecule has 1 rings (SSSR count). The summed E-state index contributed by atoms with van der Waals surface area (Å²) in [4.78, 5) is 45.2. The smallest absolute Gasteiger partial charge is 0.413 e. The van der Waals surface area contributed by atoms with Gasteiger partial charge in [0.1, 0.15) is 5.75 Å². The van der Waals surface area contributed by atoms with E-state index < -0.39 is 30.7 Å². The second-order valence-electron chi connectivity index (χ2n) is 4.49. The topological polar surface area (TPSA) is 108 Å². The van der Waals surface area contributed by atoms with Crippen molar-refractivity contribution in [3.8, 4) is 5.75 Å². The number of methoxy groups -OCH3 is 1. The fourth-order valence-corrected chi connectivity index (χ4v) is 1.49. The molecule has 2 amide bonds. The zero-order valence-electron chi connectivity index (χ0n) is 13.0. The number of benzene rings is 1. The zero-order chi connectivity index (χ0) is 17.4. The maximum atomic E-state index is 11.6. The van der Waals surface area contributed by atoms with Crippen LogP contribution in [0.25, 0.3) is 0 Å². The molecule has 0 radical (unpaired) electrons. The third-order valence-electron chi connectivity index (χ3n) is 2.69. The van der Waals surface area contributed by atoms with E-state index in [9.17, 15) is 19.2 Å². The summed E-state index contributed by atoms with van der Waals surface area (Å²) in [6.45, 7) is 2.26. The number of imide groups is 1. The number of esters is 1. The number of nitrogens with one attached hydrogen (secondary N) is 1. The summed E-state index contributed by atoms with van der Waals surface area (Å²) in [5.74, 6) is -1.43. The van der Waals surface area contributed by atoms with Crippen LogP contribution in [0.2, 0.25) is 0 Å². The highest BCUT2D eigenvalue weighted by Gasteiger charge is 2.20. The maximum Gasteiger partial charge on any atom is 0.413 e. The molecule has 1 aromatic carbocycles. The molecule has 0 heterocycles. The number of Topliss-reactive ketones (excluding diaryl/α,β-unsaturated/α-hetero) is 1. The zero-order valence-corrected chi connectivity index (χ0v) is 13.0. The maximum absolute atomic E-state index is 11.6. The lowest BCUT2D eigenvalue weighted by molar-refractivity contribution is -0.156. The summed E-state index contributed by atoms with van der Waals surface area (Å²) in [6.07, 6.45) is -2.14. The van der Waals surface area contributed by atoms with E-state index in [0.29, 0.717) is 11.3 Å². The molecule has 8 heteroatoms. The third kappa shape index (κ3) is 6.16. The average molecular weight is 323 g/mol. The van der Waals surface area contributed by atoms with Gasteiger partial charge in [0.15, 0.2) is 18.5 Å². The molecule has 0 bridgehead atoms. The minimum Gasteiger partial charge on any atom is -0.482 e. The van der Waals surface area contributed by atoms with E-state index in [-0.39, 0.29) is 5.78 Å². The monoisotopic (exact) mass is 323 g/mol. The Morgan fingerprint density at radius 1 is 1.22 bits per heavy atom. The first-order valence-electron chi connectivity index (χ1n) is 6.65. The number of amides is 2. The number of alkyl carbamates (subject to hydrolysis) is 1. The Bertz CT molecular complexity index is 612. The van der Waals surface area contributed by atoms with E-state index in [1.165, 1.54) is 19.9 Å². The summed E-state index contributed by atoms with van der Waals surface area (Å²) >= 11 is 0. The molecule has 8 nitrogen and oxygen atoms in total. The molecule has 0 saturated carbocycles. The lowest BCUT2D eigenvalue weighted by Crippen LogP contribution is -2.40. The van der Waals surface area contributed by atoms with Crippen LogP contribution < -0.4 is 10.1 Å². The van der Waals surface area contributed by atoms with Crippen molar-refractivity contribution in [3.05, 3.63) is 29.8 Å². The minimum atomic E-state index is -1.19. The normalized spacial score (nSPS) is 11.1. The Morgan fingerprint density at radius 2 is 1.91 bits per heavy atom. The first-order chi connectivity index (χ1) is 10.8. The van der Waals surface area contributed by atoms with Crippen molar-refractivity contribution in [1.82, 2.24) is 5.32 Å². The lowest BCUT2D eigenvalue weighted by Gasteiger charge is -2.13. The van der Waals surface area contributed by atoms with Gasteiger partial charge in [-0.15, -0.1) is 0 Å². The van der Waals surface area contributed by atoms with Crippen LogP contribution in [-0.2, 0) is 19.1 Å². The molecular weight excluding hydrogens is 306 g/mol. The highest BCUT2D eigenvalue weighted by Crippen LogP contribution is 2.13. The van der Waals surface area contributed by atoms with Gasteiger partial charge < -0.3 is 14.2 Å². The fraction of sp³-hybridized carbons (Fsp3) is 0.333. The van der Waals surface area contributed by atoms with Crippen molar-refractivity contribution in [2.75, 3.05) is 13.7 Å². The summed E-state index contributed by atoms with van der Waals surface area (Å²) in [5.41, 5.74) is 0.446. The van der Waals surface area contributed by atoms with Crippen LogP contribution in [0.3, 0.4) is 0 Å². The van der Waals surface area contributed by atoms with Crippen LogP contribution >= 0.6 is 0 Å². The second kappa shape index (κ2) is 8.52. The van der Waals surface area contributed by atoms with Crippen molar-refractivity contribution >= 4 is 23.8 Å². The molecule has 0 fully saturated rings. The van der Waals surface area contributed by atoms with Crippen LogP contribution in [-0.4, -0.2) is 43.6 Å². The number of hydrogen-bond acceptors (Lipinski definition) is 7. The van der Waals surface area contributed by atoms with Gasteiger partial charge in [-0.2, -0.15) is 0 Å². The average Bonchev–Trinajstić information content (AvgIpc) is 2.52. The Labute approximate surface area is 132 Å². The number of ketones is 1. The Hall–Kier alpha value is -2.90. The van der Waals surface area contributed by atoms with Gasteiger partial charge in [0, 0.05) is 5.56 Å². The Morgan fingerprint density at radius 3 is 2.52 bits per heavy atom. The molecular formula is C15H17NO7. The minimum absolute atomic E-state index is 0.133. The van der Waals surface area contributed by atoms with Crippen molar-refractivity contribution < 1.29 is 33.4 Å². The predicted molar refractivity (Wildman–Crippen MR) is 78.0 cm³/mol. The van der Waals surface area contributed by atoms with Gasteiger partial charge in [0.2, 0.25) is 0 Å². The highest BCUT2D eigenvalue weighted by molar-refractivity contribution is 5.95. The molecule has 0 aliphatic heterocycles. The van der Waals surface area contributed by atoms with E-state index in [4.69, 9.17) is 9.47 Å². The first-order valence-corrected chi connectivity index (χ1v) is 6.65. The van der Waals surface area contributed by atoms with Crippen LogP contribution in [0.4, 0.5) is 4.79 Å². The summed E-state index contributed by atoms with van der Waals surface area (Å²) in [6, 6.07) is 6.30. The van der Waals surface area contributed by atoms with Gasteiger partial charge in [-0.05, 0) is 26.0 Å². The Balaban J connectivity index is 2.48. The summed E-state index contributed by atoms with van der Waals surface area (Å²) in [7, 11) is 1.10. The molecule has 0 aromatic heterocycles. The molecule has 1 N–H and O–H groups in total. The number of carbonyl (C=O) groups is 4. The van der Waals surface area contributed by atoms with E-state index in [1.54, 1.807) is 18.2 Å². The van der Waals surface area contributed by atoms with Gasteiger partial charge >= 0.3 is 12.1 Å². The second-order valence-corrected chi connectivity index (χ2v) is 4.49. The molecule has 124 valence electrons. The summed E-state index contributed by atoms with van der Waals surface area (Å²) < 4.78 is 14.2. The van der Waals surface area contributed by atoms with Crippen LogP contribution in [0.5, 0.6) is 5.75 Å². The predicted octanol–water partition coefficient (Wildman–Crippen LogP) is 1.08. The standard InChI is InChI=1S/C15H17NO7/c1-9(17)11-5-4-6-12(7-11)22-8-13(18)23-10(2)14(19)16-15(20)21-3/h4-7,10H,8H2,1-3H3,(H,16,19,20)/t10-/m0/s1. The van der Waals surface area contributed by atoms with E-state index in [1.807, 2.05) is 5.32 Å². The molecule has 1 atom stereocenters. The van der Waals surface area contributed by atoms with Crippen LogP contribution in [0.15, 0.2) is 24.3 Å². The number of hydrogen-bond donors (Lipinski definition) is 1. The molecule has 23 heavy (non-hydrogen) atoms. The highest BCUT2D eigenvalue weighted by atomic mass is 16.6. The van der Waals surface area contributed by atoms with Gasteiger partial charge in [-0.1, -0.05) is 12.1 Å². The molecule has 0 spiro atoms. The molecule has 0 unspecified atom stereocenters. The van der Waals surface area contributed by atoms with E-state index in [0.717, 1.165) is 7.11 Å². The fourth-order valence-electron chi connectivity index (χ4n) is 1.49. The first kappa shape index (κ1) is 18.1. The quantitative estimate of drug-likeness (QED) is 0.616. The lowest BCUT2D eigenvalue weighted by atomic mass is 10.1. The number of rotatable bonds is 6. The van der Waals surface area contributed by atoms with Crippen LogP contribution in [0, 0.1) is 0 Å². The van der Waals surface area contributed by atoms with Gasteiger partial charge in [-0.25, -0.2) is 9.59 Å². The third-order valence-corrected chi connectivity index (χ3v) is 2.69. The van der Waals surface area contributed by atoms with E-state index >= 15 is 0 Å². The van der Waals surface area contributed by atoms with Crippen LogP contribution in [0.1, 0.15) is 24.2 Å². The van der Waals surface area contributed by atoms with Crippen molar-refractivity contribution in [1.29, 1.82) is 0 Å². The number of carbonyl (C=O) groups excluding carboxylic acids is 4. The van der Waals surface area contributed by atoms with Gasteiger partial charge in [0.05, 0.1) is 7.11 Å². The molecule has 0 aliphatic carbocycles. The SMILES string of the molecule is COC(=O)NC(=O)[C@H](C)OC(=O)COc1cccc(C(C)=O)c1. The van der Waals surface area contributed by atoms with Crippen molar-refractivity contribution in [3.63, 3.8) is 0 Å². The molecule has 1 aromatic rings. The largest absolute Gasteiger partial charge is 0.482 e. The molecule has 0 saturated heterocycles. The summed E-state index contributed by atoms with van der Waals surface area (Å²) in [5, 5.41) is 1.87. The van der Waals surface area contributed by atoms with Crippen molar-refractivity contribution in [2.24, 2.45) is 0 Å². The van der Waals surface area contributed by atoms with Gasteiger partial charge in [0.25, 0.3) is 5.91 Å². The Kier molecular flexibility index (Phi) is 6.72.